The van der Waals surface area contributed by atoms with Gasteiger partial charge in [-0.2, -0.15) is 0 Å². The third-order valence-electron chi connectivity index (χ3n) is 2.80. The van der Waals surface area contributed by atoms with Crippen LogP contribution in [0.15, 0.2) is 0 Å². The third-order valence-corrected chi connectivity index (χ3v) is 4.61. The fourth-order valence-corrected chi connectivity index (χ4v) is 4.00. The van der Waals surface area contributed by atoms with Gasteiger partial charge >= 0.3 is 22.4 Å². The van der Waals surface area contributed by atoms with Gasteiger partial charge in [-0.25, -0.2) is 9.13 Å². The van der Waals surface area contributed by atoms with Crippen LogP contribution in [0.25, 0.3) is 0 Å². The standard InChI is InChI=1S/C6H15O14P3S/c7-1-2(8)5(18-21(10,11)12)6(19-22(13,14)15)3(9)4(1)20-23(16,17)24/h1-9H,(H2,10,11,12)(H2,13,14,15)(H2,16,17,24)/t1-,2+,3+,4-,5-,6-/m1/s1. The Morgan fingerprint density at radius 1 is 0.625 bits per heavy atom. The second kappa shape index (κ2) is 7.71. The van der Waals surface area contributed by atoms with E-state index in [0.717, 1.165) is 0 Å². The zero-order valence-electron chi connectivity index (χ0n) is 11.3. The van der Waals surface area contributed by atoms with E-state index in [4.69, 9.17) is 29.4 Å². The predicted molar refractivity (Wildman–Crippen MR) is 75.5 cm³/mol. The summed E-state index contributed by atoms with van der Waals surface area (Å²) in [6.07, 6.45) is -13.6. The molecule has 1 aliphatic carbocycles. The largest absolute Gasteiger partial charge is 0.470 e. The summed E-state index contributed by atoms with van der Waals surface area (Å²) in [5, 5.41) is 29.6. The lowest BCUT2D eigenvalue weighted by Crippen LogP contribution is -2.65. The highest BCUT2D eigenvalue weighted by Gasteiger charge is 2.55. The molecule has 0 unspecified atom stereocenters. The van der Waals surface area contributed by atoms with Crippen molar-refractivity contribution >= 4 is 34.2 Å². The molecule has 0 heterocycles. The molecule has 1 aliphatic rings. The molecule has 9 N–H and O–H groups in total. The fourth-order valence-electron chi connectivity index (χ4n) is 2.01. The maximum atomic E-state index is 11.0. The van der Waals surface area contributed by atoms with Crippen LogP contribution < -0.4 is 0 Å². The molecule has 0 radical (unpaired) electrons. The summed E-state index contributed by atoms with van der Waals surface area (Å²) in [4.78, 5) is 53.3. The van der Waals surface area contributed by atoms with E-state index in [2.05, 4.69) is 25.4 Å². The lowest BCUT2D eigenvalue weighted by atomic mass is 9.85. The van der Waals surface area contributed by atoms with Crippen LogP contribution in [0.1, 0.15) is 0 Å². The lowest BCUT2D eigenvalue weighted by molar-refractivity contribution is -0.211. The molecule has 0 bridgehead atoms. The molecule has 0 aromatic rings. The second-order valence-electron chi connectivity index (χ2n) is 4.65. The minimum atomic E-state index is -5.38. The van der Waals surface area contributed by atoms with Crippen LogP contribution >= 0.6 is 22.4 Å². The van der Waals surface area contributed by atoms with Crippen LogP contribution in [0.5, 0.6) is 0 Å². The number of phosphoric ester groups is 2. The van der Waals surface area contributed by atoms with Crippen molar-refractivity contribution < 1.29 is 67.4 Å². The molecule has 6 atom stereocenters. The molecule has 0 amide bonds. The molecule has 24 heavy (non-hydrogen) atoms. The molecule has 18 heteroatoms. The van der Waals surface area contributed by atoms with Gasteiger partial charge in [0.1, 0.15) is 36.6 Å². The van der Waals surface area contributed by atoms with E-state index >= 15 is 0 Å². The van der Waals surface area contributed by atoms with E-state index in [1.807, 2.05) is 0 Å². The molecule has 1 saturated carbocycles. The van der Waals surface area contributed by atoms with Crippen LogP contribution in [-0.2, 0) is 34.5 Å². The van der Waals surface area contributed by atoms with Gasteiger partial charge in [-0.15, -0.1) is 0 Å². The Hall–Kier alpha value is 0.630. The van der Waals surface area contributed by atoms with Crippen LogP contribution in [0.3, 0.4) is 0 Å². The Morgan fingerprint density at radius 2 is 0.958 bits per heavy atom. The van der Waals surface area contributed by atoms with Gasteiger partial charge < -0.3 is 44.7 Å². The second-order valence-corrected chi connectivity index (χ2v) is 9.66. The first kappa shape index (κ1) is 22.7. The summed E-state index contributed by atoms with van der Waals surface area (Å²) in [5.74, 6) is 0. The molecule has 1 fully saturated rings. The fraction of sp³-hybridized carbons (Fsp3) is 1.00. The lowest BCUT2D eigenvalue weighted by Gasteiger charge is -2.44. The zero-order chi connectivity index (χ0) is 19.1. The van der Waals surface area contributed by atoms with Crippen molar-refractivity contribution in [3.8, 4) is 0 Å². The SMILES string of the molecule is O=P(O)(O)O[C@@H]1[C@@H](O)[C@@H](O)[C@@H](OP(O)(O)=S)[C@H](O)[C@H]1OP(=O)(O)O. The van der Waals surface area contributed by atoms with E-state index in [1.165, 1.54) is 0 Å². The first-order valence-corrected chi connectivity index (χ1v) is 11.5. The Kier molecular flexibility index (Phi) is 7.28. The van der Waals surface area contributed by atoms with E-state index < -0.39 is 59.0 Å². The number of hydrogen-bond donors (Lipinski definition) is 9. The molecular weight excluding hydrogens is 421 g/mol. The number of aliphatic hydroxyl groups excluding tert-OH is 3. The first-order valence-electron chi connectivity index (χ1n) is 5.78. The van der Waals surface area contributed by atoms with Crippen molar-refractivity contribution in [1.82, 2.24) is 0 Å². The number of hydrogen-bond acceptors (Lipinski definition) is 9. The van der Waals surface area contributed by atoms with Gasteiger partial charge in [-0.1, -0.05) is 0 Å². The van der Waals surface area contributed by atoms with Crippen molar-refractivity contribution in [2.24, 2.45) is 0 Å². The third kappa shape index (κ3) is 6.74. The van der Waals surface area contributed by atoms with Crippen LogP contribution in [0.2, 0.25) is 0 Å². The highest BCUT2D eigenvalue weighted by molar-refractivity contribution is 8.06. The molecule has 0 aromatic heterocycles. The summed E-state index contributed by atoms with van der Waals surface area (Å²) in [7, 11) is -10.7. The van der Waals surface area contributed by atoms with Gasteiger partial charge in [-0.3, -0.25) is 13.6 Å². The molecule has 1 rings (SSSR count). The molecular formula is C6H15O14P3S. The Labute approximate surface area is 139 Å². The Morgan fingerprint density at radius 3 is 1.29 bits per heavy atom. The maximum Gasteiger partial charge on any atom is 0.470 e. The zero-order valence-corrected chi connectivity index (χ0v) is 14.8. The van der Waals surface area contributed by atoms with Crippen molar-refractivity contribution in [3.05, 3.63) is 0 Å². The predicted octanol–water partition coefficient (Wildman–Crippen LogP) is -3.37. The highest BCUT2D eigenvalue weighted by Crippen LogP contribution is 2.49. The molecule has 0 aliphatic heterocycles. The average molecular weight is 436 g/mol. The number of aliphatic hydroxyl groups is 3. The van der Waals surface area contributed by atoms with Gasteiger partial charge in [0, 0.05) is 0 Å². The summed E-state index contributed by atoms with van der Waals surface area (Å²) in [6.45, 7) is -4.52. The molecule has 0 saturated heterocycles. The van der Waals surface area contributed by atoms with Crippen LogP contribution in [0, 0.1) is 0 Å². The average Bonchev–Trinajstić information content (AvgIpc) is 2.32. The number of phosphoric acid groups is 2. The maximum absolute atomic E-state index is 11.0. The van der Waals surface area contributed by atoms with E-state index in [1.54, 1.807) is 0 Å². The van der Waals surface area contributed by atoms with Gasteiger partial charge in [0.15, 0.2) is 0 Å². The van der Waals surface area contributed by atoms with Gasteiger partial charge in [0.2, 0.25) is 0 Å². The number of rotatable bonds is 6. The summed E-state index contributed by atoms with van der Waals surface area (Å²) < 4.78 is 34.5. The Bertz CT molecular complexity index is 579. The van der Waals surface area contributed by atoms with Gasteiger partial charge in [0.05, 0.1) is 0 Å². The van der Waals surface area contributed by atoms with Crippen molar-refractivity contribution in [1.29, 1.82) is 0 Å². The highest BCUT2D eigenvalue weighted by atomic mass is 32.5. The molecule has 144 valence electrons. The molecule has 0 aromatic carbocycles. The topological polar surface area (TPSA) is 244 Å². The first-order chi connectivity index (χ1) is 10.5. The van der Waals surface area contributed by atoms with Crippen molar-refractivity contribution in [3.63, 3.8) is 0 Å². The Balaban J connectivity index is 3.23. The summed E-state index contributed by atoms with van der Waals surface area (Å²) in [5.41, 5.74) is 0. The van der Waals surface area contributed by atoms with Crippen molar-refractivity contribution in [2.75, 3.05) is 0 Å². The van der Waals surface area contributed by atoms with E-state index in [-0.39, 0.29) is 0 Å². The van der Waals surface area contributed by atoms with E-state index in [9.17, 15) is 24.4 Å². The van der Waals surface area contributed by atoms with Gasteiger partial charge in [0.25, 0.3) is 0 Å². The van der Waals surface area contributed by atoms with Crippen LogP contribution in [-0.4, -0.2) is 81.3 Å². The minimum absolute atomic E-state index is 2.12. The van der Waals surface area contributed by atoms with E-state index in [0.29, 0.717) is 0 Å². The summed E-state index contributed by atoms with van der Waals surface area (Å²) >= 11 is 4.12. The normalized spacial score (nSPS) is 35.9. The quantitative estimate of drug-likeness (QED) is 0.185. The molecule has 14 nitrogen and oxygen atoms in total. The molecule has 0 spiro atoms. The van der Waals surface area contributed by atoms with Crippen LogP contribution in [0.4, 0.5) is 0 Å². The minimum Gasteiger partial charge on any atom is -0.387 e. The summed E-state index contributed by atoms with van der Waals surface area (Å²) in [6, 6.07) is 0. The monoisotopic (exact) mass is 436 g/mol. The smallest absolute Gasteiger partial charge is 0.387 e. The van der Waals surface area contributed by atoms with Gasteiger partial charge in [-0.05, 0) is 11.8 Å². The van der Waals surface area contributed by atoms with Crippen molar-refractivity contribution in [2.45, 2.75) is 36.6 Å².